The molecule has 0 heterocycles. The Bertz CT molecular complexity index is 362. The highest BCUT2D eigenvalue weighted by Crippen LogP contribution is 2.14. The van der Waals surface area contributed by atoms with Crippen LogP contribution < -0.4 is 0 Å². The fraction of sp³-hybridized carbons (Fsp3) is 0.926. The summed E-state index contributed by atoms with van der Waals surface area (Å²) in [6.07, 6.45) is 28.3. The summed E-state index contributed by atoms with van der Waals surface area (Å²) in [5.74, 6) is 0.805. The zero-order valence-corrected chi connectivity index (χ0v) is 20.1. The summed E-state index contributed by atoms with van der Waals surface area (Å²) in [6.45, 7) is 3.96. The number of carbonyl (C=O) groups excluding carboxylic acids is 2. The molecule has 0 rings (SSSR count). The van der Waals surface area contributed by atoms with Crippen molar-refractivity contribution in [3.63, 3.8) is 0 Å². The summed E-state index contributed by atoms with van der Waals surface area (Å²) in [5, 5.41) is 0. The van der Waals surface area contributed by atoms with Crippen LogP contribution in [0.2, 0.25) is 0 Å². The molecule has 29 heavy (non-hydrogen) atoms. The molecule has 0 aromatic carbocycles. The van der Waals surface area contributed by atoms with Gasteiger partial charge in [-0.25, -0.2) is 0 Å². The van der Waals surface area contributed by atoms with Gasteiger partial charge in [0.05, 0.1) is 0 Å². The highest BCUT2D eigenvalue weighted by Gasteiger charge is 2.02. The van der Waals surface area contributed by atoms with Gasteiger partial charge in [0, 0.05) is 19.3 Å². The number of ketones is 2. The Kier molecular flexibility index (Phi) is 23.1. The van der Waals surface area contributed by atoms with E-state index in [-0.39, 0.29) is 0 Å². The van der Waals surface area contributed by atoms with E-state index >= 15 is 0 Å². The molecule has 0 saturated heterocycles. The summed E-state index contributed by atoms with van der Waals surface area (Å²) in [6, 6.07) is 0. The van der Waals surface area contributed by atoms with Crippen LogP contribution in [0.25, 0.3) is 0 Å². The molecule has 0 aliphatic rings. The first kappa shape index (κ1) is 28.3. The first-order chi connectivity index (χ1) is 14.2. The molecule has 0 bridgehead atoms. The lowest BCUT2D eigenvalue weighted by atomic mass is 10.0. The smallest absolute Gasteiger partial charge is 0.132 e. The van der Waals surface area contributed by atoms with E-state index in [0.717, 1.165) is 38.5 Å². The van der Waals surface area contributed by atoms with E-state index in [2.05, 4.69) is 6.92 Å². The minimum Gasteiger partial charge on any atom is -0.300 e. The monoisotopic (exact) mass is 408 g/mol. The van der Waals surface area contributed by atoms with Gasteiger partial charge in [0.25, 0.3) is 0 Å². The molecule has 0 aromatic heterocycles. The summed E-state index contributed by atoms with van der Waals surface area (Å²) < 4.78 is 0. The van der Waals surface area contributed by atoms with Gasteiger partial charge in [-0.2, -0.15) is 0 Å². The second-order valence-corrected chi connectivity index (χ2v) is 9.21. The Hall–Kier alpha value is -0.660. The second-order valence-electron chi connectivity index (χ2n) is 9.21. The SMILES string of the molecule is CCCCCCCCCCCCCCC(=O)CCCCCCCCCCC(C)=O. The molecule has 2 heteroatoms. The minimum absolute atomic E-state index is 0.318. The van der Waals surface area contributed by atoms with Crippen molar-refractivity contribution in [2.75, 3.05) is 0 Å². The van der Waals surface area contributed by atoms with Crippen LogP contribution in [0.5, 0.6) is 0 Å². The zero-order valence-electron chi connectivity index (χ0n) is 20.1. The lowest BCUT2D eigenvalue weighted by Crippen LogP contribution is -1.97. The number of unbranched alkanes of at least 4 members (excludes halogenated alkanes) is 18. The van der Waals surface area contributed by atoms with E-state index in [0.29, 0.717) is 11.6 Å². The van der Waals surface area contributed by atoms with Crippen LogP contribution >= 0.6 is 0 Å². The van der Waals surface area contributed by atoms with Gasteiger partial charge >= 0.3 is 0 Å². The van der Waals surface area contributed by atoms with Crippen LogP contribution in [0, 0.1) is 0 Å². The van der Waals surface area contributed by atoms with Gasteiger partial charge in [0.2, 0.25) is 0 Å². The van der Waals surface area contributed by atoms with E-state index in [1.807, 2.05) is 0 Å². The van der Waals surface area contributed by atoms with Gasteiger partial charge in [0.1, 0.15) is 11.6 Å². The van der Waals surface area contributed by atoms with Gasteiger partial charge < -0.3 is 4.79 Å². The summed E-state index contributed by atoms with van der Waals surface area (Å²) in [7, 11) is 0. The van der Waals surface area contributed by atoms with Gasteiger partial charge in [-0.15, -0.1) is 0 Å². The number of carbonyl (C=O) groups is 2. The van der Waals surface area contributed by atoms with E-state index in [4.69, 9.17) is 0 Å². The van der Waals surface area contributed by atoms with E-state index in [1.165, 1.54) is 109 Å². The van der Waals surface area contributed by atoms with Crippen LogP contribution in [0.1, 0.15) is 162 Å². The summed E-state index contributed by atoms with van der Waals surface area (Å²) in [4.78, 5) is 22.8. The maximum absolute atomic E-state index is 12.0. The molecule has 0 unspecified atom stereocenters. The van der Waals surface area contributed by atoms with Crippen LogP contribution in [0.15, 0.2) is 0 Å². The number of rotatable bonds is 24. The van der Waals surface area contributed by atoms with Crippen molar-refractivity contribution in [1.29, 1.82) is 0 Å². The Balaban J connectivity index is 3.16. The number of Topliss-reactive ketones (excluding diaryl/α,β-unsaturated/α-hetero) is 2. The second kappa shape index (κ2) is 23.6. The van der Waals surface area contributed by atoms with E-state index < -0.39 is 0 Å². The zero-order chi connectivity index (χ0) is 21.4. The number of hydrogen-bond donors (Lipinski definition) is 0. The average Bonchev–Trinajstić information content (AvgIpc) is 2.70. The minimum atomic E-state index is 0.318. The summed E-state index contributed by atoms with van der Waals surface area (Å²) in [5.41, 5.74) is 0. The Morgan fingerprint density at radius 2 is 0.690 bits per heavy atom. The maximum Gasteiger partial charge on any atom is 0.132 e. The quantitative estimate of drug-likeness (QED) is 0.149. The molecule has 0 saturated carbocycles. The van der Waals surface area contributed by atoms with Crippen molar-refractivity contribution in [1.82, 2.24) is 0 Å². The molecule has 0 atom stereocenters. The third kappa shape index (κ3) is 25.3. The predicted molar refractivity (Wildman–Crippen MR) is 128 cm³/mol. The molecule has 0 radical (unpaired) electrons. The molecule has 172 valence electrons. The summed E-state index contributed by atoms with van der Waals surface area (Å²) >= 11 is 0. The normalized spacial score (nSPS) is 11.1. The molecular formula is C27H52O2. The van der Waals surface area contributed by atoms with E-state index in [9.17, 15) is 9.59 Å². The van der Waals surface area contributed by atoms with Gasteiger partial charge in [-0.1, -0.05) is 116 Å². The Labute approximate surface area is 183 Å². The maximum atomic E-state index is 12.0. The van der Waals surface area contributed by atoms with Crippen LogP contribution in [-0.4, -0.2) is 11.6 Å². The molecule has 2 nitrogen and oxygen atoms in total. The third-order valence-corrected chi connectivity index (χ3v) is 6.04. The predicted octanol–water partition coefficient (Wildman–Crippen LogP) is 9.14. The van der Waals surface area contributed by atoms with Crippen molar-refractivity contribution >= 4 is 11.6 Å². The topological polar surface area (TPSA) is 34.1 Å². The van der Waals surface area contributed by atoms with E-state index in [1.54, 1.807) is 6.92 Å². The molecule has 0 aliphatic carbocycles. The van der Waals surface area contributed by atoms with Crippen LogP contribution in [0.4, 0.5) is 0 Å². The standard InChI is InChI=1S/C27H52O2/c1-3-4-5-6-7-8-9-10-11-15-18-21-24-27(29)25-22-19-16-13-12-14-17-20-23-26(2)28/h3-25H2,1-2H3. The van der Waals surface area contributed by atoms with Gasteiger partial charge in [-0.3, -0.25) is 4.79 Å². The fourth-order valence-corrected chi connectivity index (χ4v) is 4.04. The van der Waals surface area contributed by atoms with Crippen molar-refractivity contribution in [2.45, 2.75) is 162 Å². The number of hydrogen-bond acceptors (Lipinski definition) is 2. The molecule has 0 spiro atoms. The van der Waals surface area contributed by atoms with Crippen LogP contribution in [-0.2, 0) is 9.59 Å². The molecule has 0 aliphatic heterocycles. The fourth-order valence-electron chi connectivity index (χ4n) is 4.04. The van der Waals surface area contributed by atoms with Crippen LogP contribution in [0.3, 0.4) is 0 Å². The van der Waals surface area contributed by atoms with Crippen molar-refractivity contribution in [2.24, 2.45) is 0 Å². The molecular weight excluding hydrogens is 356 g/mol. The molecule has 0 amide bonds. The van der Waals surface area contributed by atoms with Gasteiger partial charge in [-0.05, 0) is 26.2 Å². The largest absolute Gasteiger partial charge is 0.300 e. The lowest BCUT2D eigenvalue weighted by molar-refractivity contribution is -0.119. The Morgan fingerprint density at radius 1 is 0.414 bits per heavy atom. The molecule has 0 aromatic rings. The first-order valence-electron chi connectivity index (χ1n) is 13.2. The van der Waals surface area contributed by atoms with Crippen molar-refractivity contribution in [3.8, 4) is 0 Å². The highest BCUT2D eigenvalue weighted by atomic mass is 16.1. The molecule has 0 N–H and O–H groups in total. The van der Waals surface area contributed by atoms with Gasteiger partial charge in [0.15, 0.2) is 0 Å². The lowest BCUT2D eigenvalue weighted by Gasteiger charge is -2.04. The Morgan fingerprint density at radius 3 is 1.00 bits per heavy atom. The highest BCUT2D eigenvalue weighted by molar-refractivity contribution is 5.78. The molecule has 0 fully saturated rings. The first-order valence-corrected chi connectivity index (χ1v) is 13.2. The van der Waals surface area contributed by atoms with Crippen molar-refractivity contribution in [3.05, 3.63) is 0 Å². The average molecular weight is 409 g/mol. The van der Waals surface area contributed by atoms with Crippen molar-refractivity contribution < 1.29 is 9.59 Å². The third-order valence-electron chi connectivity index (χ3n) is 6.04.